The molecule has 118 valence electrons. The number of pyridine rings is 1. The lowest BCUT2D eigenvalue weighted by Crippen LogP contribution is -2.36. The molecule has 0 aliphatic rings. The second kappa shape index (κ2) is 9.34. The van der Waals surface area contributed by atoms with Crippen LogP contribution < -0.4 is 10.6 Å². The lowest BCUT2D eigenvalue weighted by atomic mass is 10.2. The van der Waals surface area contributed by atoms with Gasteiger partial charge in [0.25, 0.3) is 0 Å². The number of aromatic nitrogens is 1. The number of amides is 1. The molecule has 5 heteroatoms. The van der Waals surface area contributed by atoms with Crippen LogP contribution in [0.4, 0.5) is 5.69 Å². The predicted octanol–water partition coefficient (Wildman–Crippen LogP) is 2.11. The Morgan fingerprint density at radius 2 is 2.19 bits per heavy atom. The largest absolute Gasteiger partial charge is 0.385 e. The van der Waals surface area contributed by atoms with E-state index in [0.717, 1.165) is 30.9 Å². The van der Waals surface area contributed by atoms with Gasteiger partial charge in [0.05, 0.1) is 12.2 Å². The monoisotopic (exact) mass is 292 g/mol. The van der Waals surface area contributed by atoms with Crippen LogP contribution in [0.15, 0.2) is 18.3 Å². The molecular formula is C16H28N4O. The van der Waals surface area contributed by atoms with Crippen LogP contribution in [0, 0.1) is 5.92 Å². The molecule has 1 aromatic rings. The maximum absolute atomic E-state index is 11.8. The zero-order chi connectivity index (χ0) is 15.7. The van der Waals surface area contributed by atoms with E-state index in [1.807, 2.05) is 24.1 Å². The third kappa shape index (κ3) is 7.66. The van der Waals surface area contributed by atoms with Gasteiger partial charge in [-0.25, -0.2) is 0 Å². The van der Waals surface area contributed by atoms with Gasteiger partial charge in [-0.3, -0.25) is 14.7 Å². The second-order valence-corrected chi connectivity index (χ2v) is 5.83. The summed E-state index contributed by atoms with van der Waals surface area (Å²) in [7, 11) is 1.93. The van der Waals surface area contributed by atoms with Crippen molar-refractivity contribution in [3.05, 3.63) is 24.0 Å². The van der Waals surface area contributed by atoms with Crippen LogP contribution in [0.3, 0.4) is 0 Å². The van der Waals surface area contributed by atoms with Gasteiger partial charge < -0.3 is 10.6 Å². The van der Waals surface area contributed by atoms with Crippen molar-refractivity contribution >= 4 is 11.6 Å². The van der Waals surface area contributed by atoms with E-state index in [1.165, 1.54) is 0 Å². The number of likely N-dealkylation sites (N-methyl/N-ethyl adjacent to an activating group) is 1. The molecule has 21 heavy (non-hydrogen) atoms. The van der Waals surface area contributed by atoms with Gasteiger partial charge in [-0.1, -0.05) is 20.8 Å². The molecule has 0 radical (unpaired) electrons. The van der Waals surface area contributed by atoms with Crippen molar-refractivity contribution in [1.29, 1.82) is 0 Å². The highest BCUT2D eigenvalue weighted by Gasteiger charge is 2.08. The quantitative estimate of drug-likeness (QED) is 0.732. The Labute approximate surface area is 128 Å². The number of hydrogen-bond donors (Lipinski definition) is 2. The Hall–Kier alpha value is -1.62. The fourth-order valence-corrected chi connectivity index (χ4v) is 1.90. The van der Waals surface area contributed by atoms with E-state index >= 15 is 0 Å². The Balaban J connectivity index is 2.43. The fourth-order valence-electron chi connectivity index (χ4n) is 1.90. The summed E-state index contributed by atoms with van der Waals surface area (Å²) in [4.78, 5) is 18.1. The van der Waals surface area contributed by atoms with Crippen molar-refractivity contribution in [2.75, 3.05) is 32.0 Å². The highest BCUT2D eigenvalue weighted by molar-refractivity contribution is 5.77. The highest BCUT2D eigenvalue weighted by Crippen LogP contribution is 2.09. The minimum atomic E-state index is 0.0615. The summed E-state index contributed by atoms with van der Waals surface area (Å²) in [6.45, 7) is 9.04. The average molecular weight is 292 g/mol. The van der Waals surface area contributed by atoms with Gasteiger partial charge in [-0.2, -0.15) is 0 Å². The summed E-state index contributed by atoms with van der Waals surface area (Å²) in [5.74, 6) is 0.536. The molecule has 0 bridgehead atoms. The zero-order valence-electron chi connectivity index (χ0n) is 13.6. The van der Waals surface area contributed by atoms with E-state index in [-0.39, 0.29) is 5.91 Å². The van der Waals surface area contributed by atoms with Crippen molar-refractivity contribution in [3.8, 4) is 0 Å². The lowest BCUT2D eigenvalue weighted by Gasteiger charge is -2.17. The average Bonchev–Trinajstić information content (AvgIpc) is 2.43. The van der Waals surface area contributed by atoms with Crippen molar-refractivity contribution in [1.82, 2.24) is 15.2 Å². The Morgan fingerprint density at radius 3 is 2.86 bits per heavy atom. The molecule has 0 aromatic carbocycles. The highest BCUT2D eigenvalue weighted by atomic mass is 16.2. The third-order valence-electron chi connectivity index (χ3n) is 2.95. The zero-order valence-corrected chi connectivity index (χ0v) is 13.6. The Bertz CT molecular complexity index is 434. The standard InChI is InChI=1S/C16H28N4O/c1-5-7-17-14-6-8-18-15(9-14)11-20(4)12-16(21)19-10-13(2)3/h6,8-9,13H,5,7,10-12H2,1-4H3,(H,17,18)(H,19,21). The van der Waals surface area contributed by atoms with Crippen LogP contribution in [0.1, 0.15) is 32.9 Å². The molecule has 1 aromatic heterocycles. The SMILES string of the molecule is CCCNc1ccnc(CN(C)CC(=O)NCC(C)C)c1. The smallest absolute Gasteiger partial charge is 0.234 e. The number of carbonyl (C=O) groups excluding carboxylic acids is 1. The summed E-state index contributed by atoms with van der Waals surface area (Å²) in [6, 6.07) is 4.01. The summed E-state index contributed by atoms with van der Waals surface area (Å²) in [5, 5.41) is 6.27. The first-order chi connectivity index (χ1) is 10.0. The molecule has 1 amide bonds. The van der Waals surface area contributed by atoms with E-state index in [9.17, 15) is 4.79 Å². The first-order valence-corrected chi connectivity index (χ1v) is 7.65. The van der Waals surface area contributed by atoms with Gasteiger partial charge in [0, 0.05) is 31.5 Å². The number of anilines is 1. The van der Waals surface area contributed by atoms with E-state index in [0.29, 0.717) is 19.0 Å². The lowest BCUT2D eigenvalue weighted by molar-refractivity contribution is -0.122. The topological polar surface area (TPSA) is 57.3 Å². The number of nitrogens with one attached hydrogen (secondary N) is 2. The maximum Gasteiger partial charge on any atom is 0.234 e. The molecular weight excluding hydrogens is 264 g/mol. The van der Waals surface area contributed by atoms with Crippen LogP contribution in [-0.2, 0) is 11.3 Å². The van der Waals surface area contributed by atoms with E-state index in [1.54, 1.807) is 6.20 Å². The predicted molar refractivity (Wildman–Crippen MR) is 87.2 cm³/mol. The molecule has 0 aliphatic heterocycles. The molecule has 5 nitrogen and oxygen atoms in total. The van der Waals surface area contributed by atoms with Crippen molar-refractivity contribution < 1.29 is 4.79 Å². The molecule has 1 rings (SSSR count). The first-order valence-electron chi connectivity index (χ1n) is 7.65. The van der Waals surface area contributed by atoms with Crippen molar-refractivity contribution in [2.45, 2.75) is 33.7 Å². The molecule has 0 fully saturated rings. The van der Waals surface area contributed by atoms with E-state index < -0.39 is 0 Å². The molecule has 0 saturated heterocycles. The molecule has 0 unspecified atom stereocenters. The van der Waals surface area contributed by atoms with Gasteiger partial charge in [0.15, 0.2) is 0 Å². The summed E-state index contributed by atoms with van der Waals surface area (Å²) < 4.78 is 0. The Kier molecular flexibility index (Phi) is 7.75. The van der Waals surface area contributed by atoms with Crippen LogP contribution in [-0.4, -0.2) is 42.5 Å². The van der Waals surface area contributed by atoms with Gasteiger partial charge in [-0.05, 0) is 31.5 Å². The summed E-state index contributed by atoms with van der Waals surface area (Å²) in [5.41, 5.74) is 2.05. The van der Waals surface area contributed by atoms with Crippen LogP contribution >= 0.6 is 0 Å². The molecule has 1 heterocycles. The second-order valence-electron chi connectivity index (χ2n) is 5.83. The Morgan fingerprint density at radius 1 is 1.43 bits per heavy atom. The summed E-state index contributed by atoms with van der Waals surface area (Å²) >= 11 is 0. The molecule has 0 saturated carbocycles. The van der Waals surface area contributed by atoms with Gasteiger partial charge in [-0.15, -0.1) is 0 Å². The normalized spacial score (nSPS) is 11.0. The minimum absolute atomic E-state index is 0.0615. The van der Waals surface area contributed by atoms with Crippen molar-refractivity contribution in [2.24, 2.45) is 5.92 Å². The van der Waals surface area contributed by atoms with Gasteiger partial charge in [0.2, 0.25) is 5.91 Å². The van der Waals surface area contributed by atoms with Crippen molar-refractivity contribution in [3.63, 3.8) is 0 Å². The van der Waals surface area contributed by atoms with Crippen LogP contribution in [0.25, 0.3) is 0 Å². The number of rotatable bonds is 9. The van der Waals surface area contributed by atoms with E-state index in [2.05, 4.69) is 36.4 Å². The van der Waals surface area contributed by atoms with Crippen LogP contribution in [0.5, 0.6) is 0 Å². The third-order valence-corrected chi connectivity index (χ3v) is 2.95. The number of nitrogens with zero attached hydrogens (tertiary/aromatic N) is 2. The van der Waals surface area contributed by atoms with Gasteiger partial charge >= 0.3 is 0 Å². The molecule has 2 N–H and O–H groups in total. The number of hydrogen-bond acceptors (Lipinski definition) is 4. The van der Waals surface area contributed by atoms with Crippen LogP contribution in [0.2, 0.25) is 0 Å². The fraction of sp³-hybridized carbons (Fsp3) is 0.625. The molecule has 0 atom stereocenters. The number of carbonyl (C=O) groups is 1. The molecule has 0 spiro atoms. The summed E-state index contributed by atoms with van der Waals surface area (Å²) in [6.07, 6.45) is 2.90. The minimum Gasteiger partial charge on any atom is -0.385 e. The maximum atomic E-state index is 11.8. The molecule has 0 aliphatic carbocycles. The van der Waals surface area contributed by atoms with E-state index in [4.69, 9.17) is 0 Å². The van der Waals surface area contributed by atoms with Gasteiger partial charge in [0.1, 0.15) is 0 Å². The first kappa shape index (κ1) is 17.4.